The van der Waals surface area contributed by atoms with Gasteiger partial charge in [0.2, 0.25) is 41.4 Å². The van der Waals surface area contributed by atoms with Gasteiger partial charge in [-0.25, -0.2) is 0 Å². The molecule has 5 rings (SSSR count). The largest absolute Gasteiger partial charge is 0.508 e. The molecule has 3 aromatic carbocycles. The number of benzene rings is 3. The minimum Gasteiger partial charge on any atom is -0.508 e. The normalized spacial score (nSPS) is 22.2. The third-order valence-corrected chi connectivity index (χ3v) is 11.6. The first kappa shape index (κ1) is 53.2. The lowest BCUT2D eigenvalue weighted by atomic mass is 9.99. The third kappa shape index (κ3) is 15.1. The molecule has 7 amide bonds. The van der Waals surface area contributed by atoms with Gasteiger partial charge in [-0.15, -0.1) is 0 Å². The van der Waals surface area contributed by atoms with Crippen LogP contribution in [0.15, 0.2) is 78.9 Å². The van der Waals surface area contributed by atoms with Crippen LogP contribution in [0.25, 0.3) is 0 Å². The number of nitrogens with zero attached hydrogens (tertiary/aromatic N) is 1. The van der Waals surface area contributed by atoms with Crippen LogP contribution in [0.5, 0.6) is 11.5 Å². The quantitative estimate of drug-likeness (QED) is 0.0454. The van der Waals surface area contributed by atoms with Crippen molar-refractivity contribution < 1.29 is 73.7 Å². The molecule has 3 aromatic rings. The molecule has 2 aliphatic heterocycles. The SMILES string of the molecule is C[C@@H](NC(=O)[C@@H](N)Cc1ccc(O)cc1)C(=O)N[C@@H](Cc1ccccc1)C(=O)NCC(=O)N[C@@H](Cc1ccc(O)cc1)C(=O)N1CCC[C@H]1C(=O)N[C@@H](CO[C@@H]1O[C@H](CO)[C@@H](O)[C@H](O)[C@H]1O)C(N)=O. The molecule has 0 bridgehead atoms. The van der Waals surface area contributed by atoms with Gasteiger partial charge in [-0.1, -0.05) is 54.6 Å². The summed E-state index contributed by atoms with van der Waals surface area (Å²) in [5.74, 6) is -5.59. The highest BCUT2D eigenvalue weighted by Gasteiger charge is 2.45. The van der Waals surface area contributed by atoms with Gasteiger partial charge in [-0.3, -0.25) is 33.6 Å². The molecule has 2 heterocycles. The van der Waals surface area contributed by atoms with Crippen molar-refractivity contribution in [3.63, 3.8) is 0 Å². The molecule has 374 valence electrons. The molecule has 0 aliphatic carbocycles. The van der Waals surface area contributed by atoms with Crippen molar-refractivity contribution in [2.24, 2.45) is 11.5 Å². The molecule has 2 aliphatic rings. The van der Waals surface area contributed by atoms with E-state index in [1.165, 1.54) is 48.2 Å². The lowest BCUT2D eigenvalue weighted by Gasteiger charge is -2.39. The number of aliphatic hydroxyl groups is 4. The van der Waals surface area contributed by atoms with Crippen LogP contribution in [-0.2, 0) is 62.3 Å². The zero-order chi connectivity index (χ0) is 50.4. The lowest BCUT2D eigenvalue weighted by Crippen LogP contribution is -2.60. The van der Waals surface area contributed by atoms with Crippen molar-refractivity contribution in [1.29, 1.82) is 0 Å². The van der Waals surface area contributed by atoms with E-state index >= 15 is 0 Å². The van der Waals surface area contributed by atoms with E-state index in [1.807, 2.05) is 0 Å². The molecule has 69 heavy (non-hydrogen) atoms. The number of aromatic hydroxyl groups is 2. The monoisotopic (exact) mass is 964 g/mol. The van der Waals surface area contributed by atoms with E-state index in [0.29, 0.717) is 23.1 Å². The Bertz CT molecular complexity index is 2240. The van der Waals surface area contributed by atoms with Crippen LogP contribution >= 0.6 is 0 Å². The van der Waals surface area contributed by atoms with E-state index in [9.17, 15) is 64.2 Å². The smallest absolute Gasteiger partial charge is 0.246 e. The number of carbonyl (C=O) groups is 7. The number of rotatable bonds is 22. The van der Waals surface area contributed by atoms with E-state index < -0.39 is 128 Å². The van der Waals surface area contributed by atoms with E-state index in [2.05, 4.69) is 26.6 Å². The first-order valence-corrected chi connectivity index (χ1v) is 22.2. The Kier molecular flexibility index (Phi) is 19.3. The number of carbonyl (C=O) groups excluding carboxylic acids is 7. The fourth-order valence-corrected chi connectivity index (χ4v) is 7.69. The van der Waals surface area contributed by atoms with Crippen LogP contribution in [-0.4, -0.2) is 170 Å². The zero-order valence-corrected chi connectivity index (χ0v) is 37.7. The second-order valence-corrected chi connectivity index (χ2v) is 16.9. The summed E-state index contributed by atoms with van der Waals surface area (Å²) in [6.07, 6.45) is -7.75. The molecule has 0 radical (unpaired) electrons. The maximum Gasteiger partial charge on any atom is 0.246 e. The van der Waals surface area contributed by atoms with Gasteiger partial charge in [-0.05, 0) is 67.1 Å². The number of primary amides is 1. The minimum absolute atomic E-state index is 0.0159. The third-order valence-electron chi connectivity index (χ3n) is 11.6. The Balaban J connectivity index is 1.23. The summed E-state index contributed by atoms with van der Waals surface area (Å²) in [5.41, 5.74) is 13.5. The first-order chi connectivity index (χ1) is 32.8. The Labute approximate surface area is 396 Å². The van der Waals surface area contributed by atoms with Crippen LogP contribution in [0.3, 0.4) is 0 Å². The standard InChI is InChI=1S/C46H60N8O15/c1-24(50-42(64)30(47)18-26-9-13-28(56)14-10-26)41(63)52-31(19-25-6-3-2-4-7-25)43(65)49-21-36(58)51-32(20-27-11-15-29(57)16-12-27)45(67)54-17-5-8-34(54)44(66)53-33(40(48)62)23-68-46-39(61)38(60)37(59)35(22-55)69-46/h2-4,6-7,9-16,24,30-35,37-39,46,55-57,59-61H,5,8,17-23,47H2,1H3,(H2,48,62)(H,49,65)(H,50,64)(H,51,58)(H,52,63)(H,53,66)/t24-,30+,31+,32+,33+,34+,35-,37-,38+,39-,46-/m1/s1. The fourth-order valence-electron chi connectivity index (χ4n) is 7.69. The molecule has 23 nitrogen and oxygen atoms in total. The zero-order valence-electron chi connectivity index (χ0n) is 37.7. The van der Waals surface area contributed by atoms with Crippen LogP contribution in [0.4, 0.5) is 0 Å². The Hall–Kier alpha value is -6.73. The average Bonchev–Trinajstić information content (AvgIpc) is 3.83. The maximum atomic E-state index is 14.3. The molecule has 0 aromatic heterocycles. The molecular formula is C46H60N8O15. The highest BCUT2D eigenvalue weighted by Crippen LogP contribution is 2.23. The van der Waals surface area contributed by atoms with Crippen molar-refractivity contribution in [2.75, 3.05) is 26.3 Å². The van der Waals surface area contributed by atoms with Gasteiger partial charge >= 0.3 is 0 Å². The van der Waals surface area contributed by atoms with Crippen LogP contribution in [0, 0.1) is 0 Å². The number of nitrogens with one attached hydrogen (secondary N) is 5. The topological polar surface area (TPSA) is 375 Å². The second kappa shape index (κ2) is 25.0. The number of nitrogens with two attached hydrogens (primary N) is 2. The number of ether oxygens (including phenoxy) is 2. The molecule has 15 N–H and O–H groups in total. The fraction of sp³-hybridized carbons (Fsp3) is 0.457. The number of phenols is 2. The highest BCUT2D eigenvalue weighted by atomic mass is 16.7. The van der Waals surface area contributed by atoms with E-state index in [1.54, 1.807) is 42.5 Å². The summed E-state index contributed by atoms with van der Waals surface area (Å²) in [7, 11) is 0. The molecule has 0 spiro atoms. The number of hydrogen-bond donors (Lipinski definition) is 13. The number of likely N-dealkylation sites (tertiary alicyclic amines) is 1. The summed E-state index contributed by atoms with van der Waals surface area (Å²) in [6, 6.07) is 13.1. The molecule has 2 fully saturated rings. The van der Waals surface area contributed by atoms with Gasteiger partial charge < -0.3 is 83.1 Å². The molecule has 2 saturated heterocycles. The predicted molar refractivity (Wildman–Crippen MR) is 242 cm³/mol. The van der Waals surface area contributed by atoms with E-state index in [-0.39, 0.29) is 43.7 Å². The van der Waals surface area contributed by atoms with Crippen molar-refractivity contribution >= 4 is 41.4 Å². The molecule has 0 saturated carbocycles. The van der Waals surface area contributed by atoms with Gasteiger partial charge in [0.25, 0.3) is 0 Å². The lowest BCUT2D eigenvalue weighted by molar-refractivity contribution is -0.301. The Morgan fingerprint density at radius 1 is 0.725 bits per heavy atom. The number of aliphatic hydroxyl groups excluding tert-OH is 4. The van der Waals surface area contributed by atoms with Gasteiger partial charge in [0.15, 0.2) is 6.29 Å². The van der Waals surface area contributed by atoms with Crippen molar-refractivity contribution in [2.45, 2.75) is 106 Å². The van der Waals surface area contributed by atoms with Crippen LogP contribution in [0.2, 0.25) is 0 Å². The first-order valence-electron chi connectivity index (χ1n) is 22.2. The number of hydrogen-bond acceptors (Lipinski definition) is 16. The van der Waals surface area contributed by atoms with Gasteiger partial charge in [0, 0.05) is 19.4 Å². The average molecular weight is 965 g/mol. The van der Waals surface area contributed by atoms with Gasteiger partial charge in [-0.2, -0.15) is 0 Å². The summed E-state index contributed by atoms with van der Waals surface area (Å²) in [4.78, 5) is 95.2. The summed E-state index contributed by atoms with van der Waals surface area (Å²) in [6.45, 7) is -0.628. The Morgan fingerprint density at radius 2 is 1.32 bits per heavy atom. The Morgan fingerprint density at radius 3 is 1.93 bits per heavy atom. The molecule has 23 heteroatoms. The van der Waals surface area contributed by atoms with Crippen LogP contribution in [0.1, 0.15) is 36.5 Å². The van der Waals surface area contributed by atoms with Crippen molar-refractivity contribution in [3.05, 3.63) is 95.6 Å². The molecule has 0 unspecified atom stereocenters. The number of amides is 7. The summed E-state index contributed by atoms with van der Waals surface area (Å²) < 4.78 is 10.7. The highest BCUT2D eigenvalue weighted by molar-refractivity contribution is 5.96. The predicted octanol–water partition coefficient (Wildman–Crippen LogP) is -4.18. The molecule has 11 atom stereocenters. The molecular weight excluding hydrogens is 905 g/mol. The van der Waals surface area contributed by atoms with E-state index in [4.69, 9.17) is 20.9 Å². The van der Waals surface area contributed by atoms with Crippen molar-refractivity contribution in [1.82, 2.24) is 31.5 Å². The van der Waals surface area contributed by atoms with Gasteiger partial charge in [0.1, 0.15) is 66.1 Å². The summed E-state index contributed by atoms with van der Waals surface area (Å²) in [5, 5.41) is 72.1. The second-order valence-electron chi connectivity index (χ2n) is 16.9. The number of phenolic OH excluding ortho intramolecular Hbond substituents is 2. The van der Waals surface area contributed by atoms with Gasteiger partial charge in [0.05, 0.1) is 25.8 Å². The van der Waals surface area contributed by atoms with Crippen molar-refractivity contribution in [3.8, 4) is 11.5 Å². The minimum atomic E-state index is -1.80. The summed E-state index contributed by atoms with van der Waals surface area (Å²) >= 11 is 0. The van der Waals surface area contributed by atoms with E-state index in [0.717, 1.165) is 0 Å². The van der Waals surface area contributed by atoms with Crippen LogP contribution < -0.4 is 38.1 Å². The maximum absolute atomic E-state index is 14.3.